The van der Waals surface area contributed by atoms with Gasteiger partial charge in [0, 0.05) is 73.9 Å². The van der Waals surface area contributed by atoms with E-state index in [0.717, 1.165) is 38.3 Å². The van der Waals surface area contributed by atoms with Crippen molar-refractivity contribution in [2.45, 2.75) is 19.4 Å². The van der Waals surface area contributed by atoms with Gasteiger partial charge in [0.25, 0.3) is 5.91 Å². The average Bonchev–Trinajstić information content (AvgIpc) is 3.07. The van der Waals surface area contributed by atoms with Gasteiger partial charge in [0.05, 0.1) is 26.4 Å². The first kappa shape index (κ1) is 30.7. The van der Waals surface area contributed by atoms with Crippen molar-refractivity contribution in [3.05, 3.63) is 54.1 Å². The van der Waals surface area contributed by atoms with Gasteiger partial charge in [-0.3, -0.25) is 9.69 Å². The summed E-state index contributed by atoms with van der Waals surface area (Å²) in [4.78, 5) is 48.6. The second-order valence-electron chi connectivity index (χ2n) is 12.2. The van der Waals surface area contributed by atoms with Crippen LogP contribution in [0.4, 0.5) is 28.1 Å². The number of carbonyl (C=O) groups is 2. The Hall–Kier alpha value is -4.33. The Kier molecular flexibility index (Phi) is 9.10. The van der Waals surface area contributed by atoms with E-state index in [0.29, 0.717) is 74.2 Å². The number of nitrogens with one attached hydrogen (secondary N) is 2. The van der Waals surface area contributed by atoms with Gasteiger partial charge in [-0.1, -0.05) is 0 Å². The van der Waals surface area contributed by atoms with Gasteiger partial charge in [0.15, 0.2) is 5.82 Å². The number of likely N-dealkylation sites (N-methyl/N-ethyl adjacent to an activating group) is 1. The summed E-state index contributed by atoms with van der Waals surface area (Å²) in [5, 5.41) is 5.71. The van der Waals surface area contributed by atoms with Crippen molar-refractivity contribution in [1.82, 2.24) is 24.8 Å². The molecular weight excluding hydrogens is 574 g/mol. The summed E-state index contributed by atoms with van der Waals surface area (Å²) in [5.74, 6) is 1.83. The number of hydrogen-bond acceptors (Lipinski definition) is 10. The summed E-state index contributed by atoms with van der Waals surface area (Å²) >= 11 is 0. The first-order valence-corrected chi connectivity index (χ1v) is 15.5. The van der Waals surface area contributed by atoms with Crippen molar-refractivity contribution in [2.75, 3.05) is 99.7 Å². The van der Waals surface area contributed by atoms with Gasteiger partial charge in [-0.2, -0.15) is 15.0 Å². The van der Waals surface area contributed by atoms with Crippen LogP contribution in [0.1, 0.15) is 24.2 Å². The van der Waals surface area contributed by atoms with Crippen LogP contribution in [-0.4, -0.2) is 122 Å². The predicted octanol–water partition coefficient (Wildman–Crippen LogP) is 3.02. The molecule has 3 amide bonds. The normalized spacial score (nSPS) is 18.9. The van der Waals surface area contributed by atoms with E-state index in [1.807, 2.05) is 29.2 Å². The maximum atomic E-state index is 13.1. The fraction of sp³-hybridized carbons (Fsp3) is 0.469. The summed E-state index contributed by atoms with van der Waals surface area (Å²) in [6.07, 6.45) is 0. The van der Waals surface area contributed by atoms with E-state index >= 15 is 0 Å². The van der Waals surface area contributed by atoms with Crippen LogP contribution in [0.25, 0.3) is 11.4 Å². The Morgan fingerprint density at radius 1 is 0.711 bits per heavy atom. The van der Waals surface area contributed by atoms with Gasteiger partial charge in [-0.05, 0) is 69.4 Å². The number of aromatic nitrogens is 3. The zero-order valence-corrected chi connectivity index (χ0v) is 26.2. The molecule has 45 heavy (non-hydrogen) atoms. The summed E-state index contributed by atoms with van der Waals surface area (Å²) in [6, 6.07) is 14.0. The molecule has 1 aromatic heterocycles. The smallest absolute Gasteiger partial charge is 0.323 e. The minimum absolute atomic E-state index is 0.000394. The Morgan fingerprint density at radius 3 is 1.73 bits per heavy atom. The van der Waals surface area contributed by atoms with Gasteiger partial charge in [0.2, 0.25) is 11.9 Å². The molecule has 3 aromatic rings. The molecule has 0 radical (unpaired) electrons. The molecule has 3 fully saturated rings. The molecule has 4 heterocycles. The fourth-order valence-corrected chi connectivity index (χ4v) is 5.58. The van der Waals surface area contributed by atoms with E-state index in [9.17, 15) is 9.59 Å². The number of hydrogen-bond donors (Lipinski definition) is 2. The SMILES string of the molecule is CN1CCN(C(=O)c2ccc(NC(=O)Nc3ccc(-c4nc(N5CCOCC5)nc(N5CCOCC5)n4)cc3)cc2)CC1(C)C. The van der Waals surface area contributed by atoms with Gasteiger partial charge in [0.1, 0.15) is 0 Å². The number of rotatable bonds is 6. The first-order chi connectivity index (χ1) is 21.7. The molecule has 0 spiro atoms. The maximum absolute atomic E-state index is 13.1. The van der Waals surface area contributed by atoms with Gasteiger partial charge in [-0.25, -0.2) is 4.79 Å². The lowest BCUT2D eigenvalue weighted by Gasteiger charge is -2.45. The zero-order chi connectivity index (χ0) is 31.4. The zero-order valence-electron chi connectivity index (χ0n) is 26.2. The molecular formula is C32H41N9O4. The van der Waals surface area contributed by atoms with Gasteiger partial charge >= 0.3 is 6.03 Å². The van der Waals surface area contributed by atoms with Crippen LogP contribution in [0.5, 0.6) is 0 Å². The van der Waals surface area contributed by atoms with Crippen LogP contribution in [0.3, 0.4) is 0 Å². The van der Waals surface area contributed by atoms with E-state index in [1.54, 1.807) is 24.3 Å². The molecule has 238 valence electrons. The Bertz CT molecular complexity index is 1450. The number of anilines is 4. The highest BCUT2D eigenvalue weighted by Crippen LogP contribution is 2.25. The summed E-state index contributed by atoms with van der Waals surface area (Å²) in [5.41, 5.74) is 2.56. The molecule has 2 N–H and O–H groups in total. The lowest BCUT2D eigenvalue weighted by atomic mass is 9.99. The number of benzene rings is 2. The van der Waals surface area contributed by atoms with Crippen LogP contribution in [0.2, 0.25) is 0 Å². The maximum Gasteiger partial charge on any atom is 0.323 e. The van der Waals surface area contributed by atoms with Crippen molar-refractivity contribution in [1.29, 1.82) is 0 Å². The van der Waals surface area contributed by atoms with Crippen molar-refractivity contribution in [3.63, 3.8) is 0 Å². The van der Waals surface area contributed by atoms with Crippen molar-refractivity contribution in [3.8, 4) is 11.4 Å². The fourth-order valence-electron chi connectivity index (χ4n) is 5.58. The summed E-state index contributed by atoms with van der Waals surface area (Å²) in [7, 11) is 2.08. The molecule has 3 saturated heterocycles. The average molecular weight is 616 g/mol. The third-order valence-electron chi connectivity index (χ3n) is 8.59. The highest BCUT2D eigenvalue weighted by Gasteiger charge is 2.33. The van der Waals surface area contributed by atoms with E-state index in [1.165, 1.54) is 0 Å². The predicted molar refractivity (Wildman–Crippen MR) is 173 cm³/mol. The second-order valence-corrected chi connectivity index (χ2v) is 12.2. The molecule has 0 unspecified atom stereocenters. The molecule has 0 bridgehead atoms. The van der Waals surface area contributed by atoms with Gasteiger partial charge < -0.3 is 34.8 Å². The number of morpholine rings is 2. The minimum Gasteiger partial charge on any atom is -0.378 e. The topological polar surface area (TPSA) is 128 Å². The van der Waals surface area contributed by atoms with Crippen LogP contribution in [0.15, 0.2) is 48.5 Å². The van der Waals surface area contributed by atoms with Crippen LogP contribution >= 0.6 is 0 Å². The molecule has 2 aromatic carbocycles. The molecule has 0 aliphatic carbocycles. The van der Waals surface area contributed by atoms with Gasteiger partial charge in [-0.15, -0.1) is 0 Å². The van der Waals surface area contributed by atoms with E-state index in [2.05, 4.69) is 46.2 Å². The number of ether oxygens (including phenoxy) is 2. The quantitative estimate of drug-likeness (QED) is 0.427. The molecule has 0 atom stereocenters. The molecule has 6 rings (SSSR count). The number of urea groups is 1. The first-order valence-electron chi connectivity index (χ1n) is 15.5. The molecule has 13 nitrogen and oxygen atoms in total. The van der Waals surface area contributed by atoms with E-state index in [-0.39, 0.29) is 17.5 Å². The molecule has 3 aliphatic rings. The molecule has 13 heteroatoms. The van der Waals surface area contributed by atoms with E-state index in [4.69, 9.17) is 24.4 Å². The number of amides is 3. The number of carbonyl (C=O) groups excluding carboxylic acids is 2. The number of piperazine rings is 1. The third-order valence-corrected chi connectivity index (χ3v) is 8.59. The van der Waals surface area contributed by atoms with Crippen LogP contribution < -0.4 is 20.4 Å². The highest BCUT2D eigenvalue weighted by atomic mass is 16.5. The minimum atomic E-state index is -0.382. The monoisotopic (exact) mass is 615 g/mol. The Morgan fingerprint density at radius 2 is 1.22 bits per heavy atom. The Balaban J connectivity index is 1.09. The lowest BCUT2D eigenvalue weighted by molar-refractivity contribution is 0.0311. The Labute approximate surface area is 263 Å². The lowest BCUT2D eigenvalue weighted by Crippen LogP contribution is -2.58. The largest absolute Gasteiger partial charge is 0.378 e. The third kappa shape index (κ3) is 7.32. The van der Waals surface area contributed by atoms with Crippen molar-refractivity contribution < 1.29 is 19.1 Å². The van der Waals surface area contributed by atoms with Crippen LogP contribution in [0, 0.1) is 0 Å². The van der Waals surface area contributed by atoms with Crippen molar-refractivity contribution >= 4 is 35.2 Å². The highest BCUT2D eigenvalue weighted by molar-refractivity contribution is 6.00. The molecule has 3 aliphatic heterocycles. The standard InChI is InChI=1S/C32H41N9O4/c1-32(2)22-41(13-12-38(32)3)28(42)24-6-10-26(11-7-24)34-31(43)33-25-8-4-23(5-9-25)27-35-29(39-14-18-44-19-15-39)37-30(36-27)40-16-20-45-21-17-40/h4-11H,12-22H2,1-3H3,(H2,33,34,43). The van der Waals surface area contributed by atoms with E-state index < -0.39 is 0 Å². The second kappa shape index (κ2) is 13.3. The van der Waals surface area contributed by atoms with Crippen molar-refractivity contribution in [2.24, 2.45) is 0 Å². The molecule has 0 saturated carbocycles. The summed E-state index contributed by atoms with van der Waals surface area (Å²) in [6.45, 7) is 11.9. The number of nitrogens with zero attached hydrogens (tertiary/aromatic N) is 7. The van der Waals surface area contributed by atoms with Crippen LogP contribution in [-0.2, 0) is 9.47 Å². The summed E-state index contributed by atoms with van der Waals surface area (Å²) < 4.78 is 11.0.